The second-order valence-corrected chi connectivity index (χ2v) is 12.4. The van der Waals surface area contributed by atoms with Crippen molar-refractivity contribution in [3.8, 4) is 0 Å². The van der Waals surface area contributed by atoms with Crippen LogP contribution in [0.4, 0.5) is 17.6 Å². The van der Waals surface area contributed by atoms with E-state index in [1.807, 2.05) is 0 Å². The second kappa shape index (κ2) is 13.4. The summed E-state index contributed by atoms with van der Waals surface area (Å²) in [4.78, 5) is 0. The third-order valence-electron chi connectivity index (χ3n) is 10.1. The number of ether oxygens (including phenoxy) is 2. The molecule has 4 rings (SSSR count). The summed E-state index contributed by atoms with van der Waals surface area (Å²) in [6, 6.07) is 0. The number of allylic oxidation sites excluding steroid dienone is 2. The SMILES string of the molecule is CCCCCC1CCC(C2CCC(C3COC(C4CCC(C(F)=CC(F)(F)F)CC4)OC3)CC2)CC1. The lowest BCUT2D eigenvalue weighted by atomic mass is 9.67. The summed E-state index contributed by atoms with van der Waals surface area (Å²) in [6.07, 6.45) is 13.8. The fourth-order valence-electron chi connectivity index (χ4n) is 7.74. The summed E-state index contributed by atoms with van der Waals surface area (Å²) >= 11 is 0. The zero-order valence-electron chi connectivity index (χ0n) is 22.3. The highest BCUT2D eigenvalue weighted by molar-refractivity contribution is 5.03. The minimum absolute atomic E-state index is 0.161. The molecule has 0 N–H and O–H groups in total. The topological polar surface area (TPSA) is 18.5 Å². The Morgan fingerprint density at radius 1 is 0.694 bits per heavy atom. The molecule has 0 aromatic rings. The van der Waals surface area contributed by atoms with Crippen LogP contribution in [0.2, 0.25) is 0 Å². The molecular weight excluding hydrogens is 468 g/mol. The summed E-state index contributed by atoms with van der Waals surface area (Å²) in [5.41, 5.74) is 0. The van der Waals surface area contributed by atoms with Crippen molar-refractivity contribution in [2.75, 3.05) is 13.2 Å². The number of unbranched alkanes of at least 4 members (excludes halogenated alkanes) is 2. The van der Waals surface area contributed by atoms with Gasteiger partial charge in [0.2, 0.25) is 0 Å². The molecule has 1 aliphatic heterocycles. The summed E-state index contributed by atoms with van der Waals surface area (Å²) in [5.74, 6) is 2.51. The van der Waals surface area contributed by atoms with Crippen LogP contribution in [0.3, 0.4) is 0 Å². The fourth-order valence-corrected chi connectivity index (χ4v) is 7.74. The van der Waals surface area contributed by atoms with Crippen LogP contribution in [0.15, 0.2) is 11.9 Å². The third-order valence-corrected chi connectivity index (χ3v) is 10.1. The van der Waals surface area contributed by atoms with Crippen molar-refractivity contribution in [1.29, 1.82) is 0 Å². The highest BCUT2D eigenvalue weighted by atomic mass is 19.4. The van der Waals surface area contributed by atoms with Crippen LogP contribution in [0.1, 0.15) is 110 Å². The number of halogens is 4. The smallest absolute Gasteiger partial charge is 0.352 e. The van der Waals surface area contributed by atoms with Gasteiger partial charge in [-0.15, -0.1) is 0 Å². The minimum Gasteiger partial charge on any atom is -0.352 e. The van der Waals surface area contributed by atoms with Crippen LogP contribution < -0.4 is 0 Å². The minimum atomic E-state index is -4.59. The molecule has 1 heterocycles. The highest BCUT2D eigenvalue weighted by Crippen LogP contribution is 2.45. The Morgan fingerprint density at radius 2 is 1.19 bits per heavy atom. The summed E-state index contributed by atoms with van der Waals surface area (Å²) in [7, 11) is 0. The van der Waals surface area contributed by atoms with Gasteiger partial charge in [-0.25, -0.2) is 4.39 Å². The molecule has 0 amide bonds. The third kappa shape index (κ3) is 8.19. The van der Waals surface area contributed by atoms with Crippen molar-refractivity contribution in [2.45, 2.75) is 122 Å². The standard InChI is InChI=1S/C30H48F4O2/c1-2-3-4-5-21-6-8-22(9-7-21)23-10-12-24(13-11-23)27-19-35-29(36-20-27)26-16-14-25(15-17-26)28(31)18-30(32,33)34/h18,21-27,29H,2-17,19-20H2,1H3. The van der Waals surface area contributed by atoms with Gasteiger partial charge in [0.1, 0.15) is 5.83 Å². The van der Waals surface area contributed by atoms with E-state index in [-0.39, 0.29) is 18.3 Å². The Bertz CT molecular complexity index is 661. The lowest BCUT2D eigenvalue weighted by molar-refractivity contribution is -0.237. The first-order valence-corrected chi connectivity index (χ1v) is 15.0. The Kier molecular flexibility index (Phi) is 10.6. The molecule has 0 aromatic heterocycles. The van der Waals surface area contributed by atoms with Gasteiger partial charge in [0.25, 0.3) is 0 Å². The van der Waals surface area contributed by atoms with E-state index in [1.54, 1.807) is 0 Å². The highest BCUT2D eigenvalue weighted by Gasteiger charge is 2.38. The molecular formula is C30H48F4O2. The number of alkyl halides is 3. The molecule has 0 bridgehead atoms. The van der Waals surface area contributed by atoms with Crippen molar-refractivity contribution in [3.05, 3.63) is 11.9 Å². The molecule has 4 aliphatic rings. The molecule has 4 fully saturated rings. The molecule has 0 aromatic carbocycles. The normalized spacial score (nSPS) is 39.2. The Balaban J connectivity index is 1.12. The van der Waals surface area contributed by atoms with Gasteiger partial charge in [-0.1, -0.05) is 45.4 Å². The monoisotopic (exact) mass is 516 g/mol. The summed E-state index contributed by atoms with van der Waals surface area (Å²) in [6.45, 7) is 3.74. The largest absolute Gasteiger partial charge is 0.412 e. The Labute approximate surface area is 215 Å². The van der Waals surface area contributed by atoms with Gasteiger partial charge in [-0.05, 0) is 87.9 Å². The summed E-state index contributed by atoms with van der Waals surface area (Å²) < 4.78 is 63.5. The Morgan fingerprint density at radius 3 is 1.72 bits per heavy atom. The predicted octanol–water partition coefficient (Wildman–Crippen LogP) is 9.39. The van der Waals surface area contributed by atoms with Crippen LogP contribution in [-0.4, -0.2) is 25.7 Å². The van der Waals surface area contributed by atoms with Gasteiger partial charge < -0.3 is 9.47 Å². The van der Waals surface area contributed by atoms with E-state index < -0.39 is 17.9 Å². The number of hydrogen-bond donors (Lipinski definition) is 0. The molecule has 6 heteroatoms. The quantitative estimate of drug-likeness (QED) is 0.236. The van der Waals surface area contributed by atoms with Gasteiger partial charge in [0.05, 0.1) is 19.3 Å². The van der Waals surface area contributed by atoms with Crippen LogP contribution in [-0.2, 0) is 9.47 Å². The van der Waals surface area contributed by atoms with Crippen molar-refractivity contribution < 1.29 is 27.0 Å². The zero-order valence-corrected chi connectivity index (χ0v) is 22.3. The molecule has 2 nitrogen and oxygen atoms in total. The molecule has 208 valence electrons. The second-order valence-electron chi connectivity index (χ2n) is 12.4. The van der Waals surface area contributed by atoms with Crippen molar-refractivity contribution in [2.24, 2.45) is 41.4 Å². The van der Waals surface area contributed by atoms with Crippen molar-refractivity contribution >= 4 is 0 Å². The lowest BCUT2D eigenvalue weighted by Gasteiger charge is -2.42. The molecule has 0 atom stereocenters. The van der Waals surface area contributed by atoms with E-state index in [2.05, 4.69) is 6.92 Å². The van der Waals surface area contributed by atoms with E-state index in [4.69, 9.17) is 9.47 Å². The van der Waals surface area contributed by atoms with Crippen LogP contribution in [0.5, 0.6) is 0 Å². The molecule has 36 heavy (non-hydrogen) atoms. The van der Waals surface area contributed by atoms with Crippen LogP contribution in [0.25, 0.3) is 0 Å². The fraction of sp³-hybridized carbons (Fsp3) is 0.933. The molecule has 3 saturated carbocycles. The average molecular weight is 517 g/mol. The van der Waals surface area contributed by atoms with Gasteiger partial charge in [0, 0.05) is 17.8 Å². The maximum Gasteiger partial charge on any atom is 0.412 e. The number of hydrogen-bond acceptors (Lipinski definition) is 2. The van der Waals surface area contributed by atoms with E-state index in [9.17, 15) is 17.6 Å². The maximum atomic E-state index is 13.9. The first-order chi connectivity index (χ1) is 17.3. The lowest BCUT2D eigenvalue weighted by Crippen LogP contribution is -2.41. The van der Waals surface area contributed by atoms with Gasteiger partial charge >= 0.3 is 6.18 Å². The van der Waals surface area contributed by atoms with Crippen LogP contribution in [0, 0.1) is 41.4 Å². The van der Waals surface area contributed by atoms with Gasteiger partial charge in [-0.3, -0.25) is 0 Å². The first-order valence-electron chi connectivity index (χ1n) is 15.0. The van der Waals surface area contributed by atoms with E-state index in [1.165, 1.54) is 77.0 Å². The van der Waals surface area contributed by atoms with Crippen LogP contribution >= 0.6 is 0 Å². The first kappa shape index (κ1) is 28.4. The maximum absolute atomic E-state index is 13.9. The molecule has 1 saturated heterocycles. The summed E-state index contributed by atoms with van der Waals surface area (Å²) in [5, 5.41) is 0. The Hall–Kier alpha value is -0.620. The molecule has 0 spiro atoms. The molecule has 0 unspecified atom stereocenters. The van der Waals surface area contributed by atoms with Crippen molar-refractivity contribution in [3.63, 3.8) is 0 Å². The number of rotatable bonds is 8. The van der Waals surface area contributed by atoms with E-state index >= 15 is 0 Å². The predicted molar refractivity (Wildman–Crippen MR) is 135 cm³/mol. The van der Waals surface area contributed by atoms with Gasteiger partial charge in [0.15, 0.2) is 6.29 Å². The van der Waals surface area contributed by atoms with E-state index in [0.29, 0.717) is 37.5 Å². The zero-order chi connectivity index (χ0) is 25.5. The molecule has 0 radical (unpaired) electrons. The average Bonchev–Trinajstić information content (AvgIpc) is 2.89. The molecule has 3 aliphatic carbocycles. The van der Waals surface area contributed by atoms with E-state index in [0.717, 1.165) is 31.0 Å². The van der Waals surface area contributed by atoms with Crippen molar-refractivity contribution in [1.82, 2.24) is 0 Å². The van der Waals surface area contributed by atoms with Gasteiger partial charge in [-0.2, -0.15) is 13.2 Å².